The average Bonchev–Trinajstić information content (AvgIpc) is 2.80. The fourth-order valence-electron chi connectivity index (χ4n) is 2.61. The zero-order valence-electron chi connectivity index (χ0n) is 12.7. The highest BCUT2D eigenvalue weighted by molar-refractivity contribution is 7.89. The first-order valence-corrected chi connectivity index (χ1v) is 8.96. The fraction of sp³-hybridized carbons (Fsp3) is 1.00. The van der Waals surface area contributed by atoms with Gasteiger partial charge in [0.25, 0.3) is 0 Å². The second-order valence-corrected chi connectivity index (χ2v) is 7.54. The van der Waals surface area contributed by atoms with Gasteiger partial charge in [-0.25, -0.2) is 12.7 Å². The maximum Gasteiger partial charge on any atom is 0.215 e. The summed E-state index contributed by atoms with van der Waals surface area (Å²) in [7, 11) is -3.09. The van der Waals surface area contributed by atoms with Crippen molar-refractivity contribution in [3.05, 3.63) is 0 Å². The van der Waals surface area contributed by atoms with Crippen molar-refractivity contribution in [1.82, 2.24) is 14.5 Å². The molecule has 1 aliphatic rings. The van der Waals surface area contributed by atoms with Crippen molar-refractivity contribution < 1.29 is 8.42 Å². The molecular formula is C13H29N3O2S. The largest absolute Gasteiger partial charge is 0.313 e. The minimum absolute atomic E-state index is 0.205. The van der Waals surface area contributed by atoms with Crippen LogP contribution in [0.25, 0.3) is 0 Å². The Kier molecular flexibility index (Phi) is 6.73. The second-order valence-electron chi connectivity index (χ2n) is 5.45. The van der Waals surface area contributed by atoms with Crippen molar-refractivity contribution in [3.63, 3.8) is 0 Å². The minimum Gasteiger partial charge on any atom is -0.313 e. The molecular weight excluding hydrogens is 262 g/mol. The van der Waals surface area contributed by atoms with Crippen LogP contribution >= 0.6 is 0 Å². The highest BCUT2D eigenvalue weighted by atomic mass is 32.2. The summed E-state index contributed by atoms with van der Waals surface area (Å²) in [5, 5.41) is 3.17. The lowest BCUT2D eigenvalue weighted by atomic mass is 10.2. The van der Waals surface area contributed by atoms with Gasteiger partial charge < -0.3 is 5.32 Å². The molecule has 0 aromatic heterocycles. The summed E-state index contributed by atoms with van der Waals surface area (Å²) >= 11 is 0. The highest BCUT2D eigenvalue weighted by Gasteiger charge is 2.32. The summed E-state index contributed by atoms with van der Waals surface area (Å²) in [4.78, 5) is 2.35. The van der Waals surface area contributed by atoms with E-state index >= 15 is 0 Å². The van der Waals surface area contributed by atoms with Gasteiger partial charge in [0.15, 0.2) is 0 Å². The molecule has 1 saturated heterocycles. The maximum atomic E-state index is 12.2. The van der Waals surface area contributed by atoms with Crippen molar-refractivity contribution in [1.29, 1.82) is 0 Å². The van der Waals surface area contributed by atoms with E-state index in [1.807, 2.05) is 13.8 Å². The predicted octanol–water partition coefficient (Wildman–Crippen LogP) is 0.730. The molecule has 0 aromatic rings. The van der Waals surface area contributed by atoms with E-state index < -0.39 is 10.0 Å². The zero-order valence-corrected chi connectivity index (χ0v) is 13.5. The molecule has 1 heterocycles. The maximum absolute atomic E-state index is 12.2. The van der Waals surface area contributed by atoms with Crippen LogP contribution in [0.15, 0.2) is 0 Å². The third kappa shape index (κ3) is 5.02. The van der Waals surface area contributed by atoms with Crippen molar-refractivity contribution >= 4 is 10.0 Å². The summed E-state index contributed by atoms with van der Waals surface area (Å²) in [6, 6.07) is 0.722. The number of nitrogens with zero attached hydrogens (tertiary/aromatic N) is 2. The van der Waals surface area contributed by atoms with Gasteiger partial charge in [-0.15, -0.1) is 0 Å². The van der Waals surface area contributed by atoms with Gasteiger partial charge in [-0.2, -0.15) is 0 Å². The molecule has 1 atom stereocenters. The molecule has 1 rings (SSSR count). The van der Waals surface area contributed by atoms with Crippen LogP contribution in [0, 0.1) is 0 Å². The first-order chi connectivity index (χ1) is 8.90. The average molecular weight is 291 g/mol. The summed E-state index contributed by atoms with van der Waals surface area (Å²) in [6.07, 6.45) is 0.957. The molecule has 0 radical (unpaired) electrons. The van der Waals surface area contributed by atoms with Gasteiger partial charge in [0.2, 0.25) is 10.0 Å². The van der Waals surface area contributed by atoms with Gasteiger partial charge in [-0.1, -0.05) is 27.7 Å². The molecule has 0 aromatic carbocycles. The molecule has 114 valence electrons. The molecule has 1 fully saturated rings. The molecule has 0 aliphatic carbocycles. The van der Waals surface area contributed by atoms with Crippen LogP contribution in [-0.2, 0) is 10.0 Å². The Morgan fingerprint density at radius 3 is 2.47 bits per heavy atom. The molecule has 19 heavy (non-hydrogen) atoms. The van der Waals surface area contributed by atoms with Crippen molar-refractivity contribution in [3.8, 4) is 0 Å². The van der Waals surface area contributed by atoms with E-state index in [0.29, 0.717) is 31.7 Å². The first kappa shape index (κ1) is 16.9. The van der Waals surface area contributed by atoms with Crippen molar-refractivity contribution in [2.75, 3.05) is 38.5 Å². The summed E-state index contributed by atoms with van der Waals surface area (Å²) in [6.45, 7) is 12.2. The number of sulfonamides is 1. The Hall–Kier alpha value is -0.170. The van der Waals surface area contributed by atoms with Crippen LogP contribution in [-0.4, -0.2) is 68.2 Å². The number of rotatable bonds is 8. The van der Waals surface area contributed by atoms with Crippen LogP contribution in [0.5, 0.6) is 0 Å². The third-order valence-electron chi connectivity index (χ3n) is 3.76. The van der Waals surface area contributed by atoms with Crippen molar-refractivity contribution in [2.45, 2.75) is 46.2 Å². The number of likely N-dealkylation sites (N-methyl/N-ethyl adjacent to an activating group) is 1. The van der Waals surface area contributed by atoms with Gasteiger partial charge >= 0.3 is 0 Å². The minimum atomic E-state index is -3.09. The zero-order chi connectivity index (χ0) is 14.5. The standard InChI is InChI=1S/C13H29N3O2S/c1-5-15(6-2)13-7-9-16(11-13)19(17,18)10-8-14-12(3)4/h12-14H,5-11H2,1-4H3. The van der Waals surface area contributed by atoms with Crippen molar-refractivity contribution in [2.24, 2.45) is 0 Å². The number of nitrogens with one attached hydrogen (secondary N) is 1. The van der Waals surface area contributed by atoms with Crippen LogP contribution in [0.2, 0.25) is 0 Å². The monoisotopic (exact) mass is 291 g/mol. The topological polar surface area (TPSA) is 52.7 Å². The van der Waals surface area contributed by atoms with Crippen LogP contribution in [0.4, 0.5) is 0 Å². The van der Waals surface area contributed by atoms with E-state index in [1.165, 1.54) is 0 Å². The summed E-state index contributed by atoms with van der Waals surface area (Å²) in [5.74, 6) is 0.205. The Labute approximate surface area is 118 Å². The number of hydrogen-bond acceptors (Lipinski definition) is 4. The molecule has 0 saturated carbocycles. The molecule has 0 bridgehead atoms. The van der Waals surface area contributed by atoms with E-state index in [9.17, 15) is 8.42 Å². The lowest BCUT2D eigenvalue weighted by Crippen LogP contribution is -2.40. The number of hydrogen-bond donors (Lipinski definition) is 1. The summed E-state index contributed by atoms with van der Waals surface area (Å²) in [5.41, 5.74) is 0. The normalized spacial score (nSPS) is 21.7. The van der Waals surface area contributed by atoms with E-state index in [2.05, 4.69) is 24.1 Å². The van der Waals surface area contributed by atoms with Gasteiger partial charge in [-0.05, 0) is 19.5 Å². The molecule has 6 heteroatoms. The molecule has 5 nitrogen and oxygen atoms in total. The Morgan fingerprint density at radius 2 is 1.95 bits per heavy atom. The SMILES string of the molecule is CCN(CC)C1CCN(S(=O)(=O)CCNC(C)C)C1. The van der Waals surface area contributed by atoms with Crippen LogP contribution in [0.1, 0.15) is 34.1 Å². The lowest BCUT2D eigenvalue weighted by Gasteiger charge is -2.26. The Balaban J connectivity index is 2.48. The van der Waals surface area contributed by atoms with Gasteiger partial charge in [0.1, 0.15) is 0 Å². The van der Waals surface area contributed by atoms with Gasteiger partial charge in [-0.3, -0.25) is 4.90 Å². The fourth-order valence-corrected chi connectivity index (χ4v) is 4.02. The third-order valence-corrected chi connectivity index (χ3v) is 5.60. The molecule has 1 unspecified atom stereocenters. The molecule has 0 amide bonds. The van der Waals surface area contributed by atoms with E-state index in [-0.39, 0.29) is 5.75 Å². The van der Waals surface area contributed by atoms with Gasteiger partial charge in [0.05, 0.1) is 5.75 Å². The van der Waals surface area contributed by atoms with E-state index in [4.69, 9.17) is 0 Å². The molecule has 1 aliphatic heterocycles. The van der Waals surface area contributed by atoms with E-state index in [1.54, 1.807) is 4.31 Å². The molecule has 1 N–H and O–H groups in total. The van der Waals surface area contributed by atoms with Crippen LogP contribution in [0.3, 0.4) is 0 Å². The smallest absolute Gasteiger partial charge is 0.215 e. The van der Waals surface area contributed by atoms with Gasteiger partial charge in [0, 0.05) is 31.7 Å². The quantitative estimate of drug-likeness (QED) is 0.716. The van der Waals surface area contributed by atoms with E-state index in [0.717, 1.165) is 19.5 Å². The highest BCUT2D eigenvalue weighted by Crippen LogP contribution is 2.18. The first-order valence-electron chi connectivity index (χ1n) is 7.36. The molecule has 0 spiro atoms. The summed E-state index contributed by atoms with van der Waals surface area (Å²) < 4.78 is 26.1. The Morgan fingerprint density at radius 1 is 1.32 bits per heavy atom. The second kappa shape index (κ2) is 7.57. The lowest BCUT2D eigenvalue weighted by molar-refractivity contribution is 0.224. The predicted molar refractivity (Wildman–Crippen MR) is 79.8 cm³/mol. The van der Waals surface area contributed by atoms with Crippen LogP contribution < -0.4 is 5.32 Å². The Bertz CT molecular complexity index is 353.